The number of aryl methyl sites for hydroxylation is 1. The number of hydrogen-bond donors (Lipinski definition) is 0. The average Bonchev–Trinajstić information content (AvgIpc) is 2.95. The molecule has 27 heavy (non-hydrogen) atoms. The molecule has 0 radical (unpaired) electrons. The number of carbonyl (C=O) groups is 1. The summed E-state index contributed by atoms with van der Waals surface area (Å²) < 4.78 is 5.18. The van der Waals surface area contributed by atoms with Crippen molar-refractivity contribution in [3.8, 4) is 5.75 Å². The van der Waals surface area contributed by atoms with Crippen molar-refractivity contribution in [2.24, 2.45) is 0 Å². The highest BCUT2D eigenvalue weighted by Crippen LogP contribution is 2.14. The molecule has 1 aromatic heterocycles. The zero-order chi connectivity index (χ0) is 18.9. The van der Waals surface area contributed by atoms with Crippen molar-refractivity contribution in [2.45, 2.75) is 32.2 Å². The highest BCUT2D eigenvalue weighted by atomic mass is 16.5. The molecule has 1 fully saturated rings. The average molecular weight is 367 g/mol. The van der Waals surface area contributed by atoms with Crippen LogP contribution in [0.25, 0.3) is 0 Å². The Hall–Kier alpha value is -2.40. The summed E-state index contributed by atoms with van der Waals surface area (Å²) in [5.41, 5.74) is 2.35. The van der Waals surface area contributed by atoms with Crippen molar-refractivity contribution < 1.29 is 9.53 Å². The maximum absolute atomic E-state index is 12.6. The summed E-state index contributed by atoms with van der Waals surface area (Å²) in [6, 6.07) is 14.1. The van der Waals surface area contributed by atoms with E-state index >= 15 is 0 Å². The summed E-state index contributed by atoms with van der Waals surface area (Å²) >= 11 is 0. The Kier molecular flexibility index (Phi) is 7.22. The van der Waals surface area contributed by atoms with Gasteiger partial charge in [0.05, 0.1) is 12.8 Å². The topological polar surface area (TPSA) is 45.7 Å². The van der Waals surface area contributed by atoms with Gasteiger partial charge < -0.3 is 9.64 Å². The molecular weight excluding hydrogens is 338 g/mol. The van der Waals surface area contributed by atoms with Gasteiger partial charge in [-0.2, -0.15) is 0 Å². The number of hydrogen-bond acceptors (Lipinski definition) is 4. The molecule has 0 N–H and O–H groups in total. The summed E-state index contributed by atoms with van der Waals surface area (Å²) in [6.45, 7) is 4.47. The lowest BCUT2D eigenvalue weighted by Gasteiger charge is -2.22. The Morgan fingerprint density at radius 1 is 1.07 bits per heavy atom. The van der Waals surface area contributed by atoms with Crippen LogP contribution in [-0.2, 0) is 17.8 Å². The minimum atomic E-state index is 0.281. The molecule has 5 heteroatoms. The molecule has 144 valence electrons. The first kappa shape index (κ1) is 19.4. The molecule has 1 saturated heterocycles. The van der Waals surface area contributed by atoms with E-state index in [2.05, 4.69) is 28.1 Å². The summed E-state index contributed by atoms with van der Waals surface area (Å²) in [7, 11) is 1.67. The van der Waals surface area contributed by atoms with E-state index in [1.807, 2.05) is 35.4 Å². The van der Waals surface area contributed by atoms with Crippen LogP contribution in [-0.4, -0.2) is 54.0 Å². The van der Waals surface area contributed by atoms with Gasteiger partial charge in [0.1, 0.15) is 5.75 Å². The zero-order valence-electron chi connectivity index (χ0n) is 16.1. The molecule has 0 spiro atoms. The van der Waals surface area contributed by atoms with Gasteiger partial charge in [0.2, 0.25) is 5.91 Å². The number of pyridine rings is 1. The number of methoxy groups -OCH3 is 1. The number of amides is 1. The first-order chi connectivity index (χ1) is 13.2. The smallest absolute Gasteiger partial charge is 0.222 e. The van der Waals surface area contributed by atoms with Crippen LogP contribution in [0.5, 0.6) is 5.75 Å². The fraction of sp³-hybridized carbons (Fsp3) is 0.455. The van der Waals surface area contributed by atoms with Crippen LogP contribution in [0.2, 0.25) is 0 Å². The van der Waals surface area contributed by atoms with E-state index in [9.17, 15) is 4.79 Å². The molecule has 0 aliphatic carbocycles. The van der Waals surface area contributed by atoms with Crippen LogP contribution in [0.3, 0.4) is 0 Å². The molecule has 1 amide bonds. The lowest BCUT2D eigenvalue weighted by Crippen LogP contribution is -2.35. The molecule has 5 nitrogen and oxygen atoms in total. The van der Waals surface area contributed by atoms with Crippen LogP contribution in [0.1, 0.15) is 30.5 Å². The lowest BCUT2D eigenvalue weighted by molar-refractivity contribution is -0.131. The van der Waals surface area contributed by atoms with Gasteiger partial charge in [0.25, 0.3) is 0 Å². The second-order valence-corrected chi connectivity index (χ2v) is 7.03. The molecule has 2 heterocycles. The van der Waals surface area contributed by atoms with Gasteiger partial charge in [0, 0.05) is 45.3 Å². The quantitative estimate of drug-likeness (QED) is 0.754. The Balaban J connectivity index is 1.40. The number of benzene rings is 1. The molecule has 0 atom stereocenters. The van der Waals surface area contributed by atoms with Crippen molar-refractivity contribution in [3.05, 3.63) is 59.9 Å². The van der Waals surface area contributed by atoms with Crippen LogP contribution in [0.15, 0.2) is 48.7 Å². The van der Waals surface area contributed by atoms with Gasteiger partial charge in [-0.3, -0.25) is 14.7 Å². The highest BCUT2D eigenvalue weighted by Gasteiger charge is 2.19. The predicted molar refractivity (Wildman–Crippen MR) is 107 cm³/mol. The van der Waals surface area contributed by atoms with Gasteiger partial charge in [-0.1, -0.05) is 18.2 Å². The minimum Gasteiger partial charge on any atom is -0.497 e. The predicted octanol–water partition coefficient (Wildman–Crippen LogP) is 3.15. The summed E-state index contributed by atoms with van der Waals surface area (Å²) in [5, 5.41) is 0. The monoisotopic (exact) mass is 367 g/mol. The highest BCUT2D eigenvalue weighted by molar-refractivity contribution is 5.76. The number of carbonyl (C=O) groups excluding carboxylic acids is 1. The van der Waals surface area contributed by atoms with Crippen LogP contribution >= 0.6 is 0 Å². The number of ether oxygens (including phenoxy) is 1. The van der Waals surface area contributed by atoms with Crippen molar-refractivity contribution in [1.29, 1.82) is 0 Å². The van der Waals surface area contributed by atoms with Crippen LogP contribution in [0.4, 0.5) is 0 Å². The van der Waals surface area contributed by atoms with E-state index in [1.165, 1.54) is 5.56 Å². The van der Waals surface area contributed by atoms with Gasteiger partial charge in [-0.15, -0.1) is 0 Å². The third kappa shape index (κ3) is 6.07. The Bertz CT molecular complexity index is 703. The molecule has 0 unspecified atom stereocenters. The molecule has 0 bridgehead atoms. The summed E-state index contributed by atoms with van der Waals surface area (Å²) in [5.74, 6) is 1.15. The molecule has 3 rings (SSSR count). The molecule has 0 saturated carbocycles. The molecule has 1 aliphatic heterocycles. The largest absolute Gasteiger partial charge is 0.497 e. The van der Waals surface area contributed by atoms with Crippen LogP contribution in [0, 0.1) is 0 Å². The number of rotatable bonds is 7. The van der Waals surface area contributed by atoms with E-state index in [4.69, 9.17) is 4.74 Å². The number of aromatic nitrogens is 1. The molecular formula is C22H29N3O2. The van der Waals surface area contributed by atoms with E-state index < -0.39 is 0 Å². The number of nitrogens with zero attached hydrogens (tertiary/aromatic N) is 3. The van der Waals surface area contributed by atoms with Crippen molar-refractivity contribution >= 4 is 5.91 Å². The van der Waals surface area contributed by atoms with E-state index in [-0.39, 0.29) is 5.91 Å². The van der Waals surface area contributed by atoms with Gasteiger partial charge in [0.15, 0.2) is 0 Å². The maximum Gasteiger partial charge on any atom is 0.222 e. The third-order valence-corrected chi connectivity index (χ3v) is 5.07. The maximum atomic E-state index is 12.6. The van der Waals surface area contributed by atoms with Crippen LogP contribution < -0.4 is 4.74 Å². The SMILES string of the molecule is COc1ccc(CCCC(=O)N2CCCN(Cc3ccccn3)CC2)cc1. The summed E-state index contributed by atoms with van der Waals surface area (Å²) in [4.78, 5) is 21.4. The first-order valence-electron chi connectivity index (χ1n) is 9.77. The normalized spacial score (nSPS) is 15.4. The second-order valence-electron chi connectivity index (χ2n) is 7.03. The lowest BCUT2D eigenvalue weighted by atomic mass is 10.1. The van der Waals surface area contributed by atoms with E-state index in [0.717, 1.165) is 63.4 Å². The van der Waals surface area contributed by atoms with Crippen molar-refractivity contribution in [3.63, 3.8) is 0 Å². The van der Waals surface area contributed by atoms with E-state index in [0.29, 0.717) is 6.42 Å². The fourth-order valence-electron chi connectivity index (χ4n) is 3.49. The fourth-order valence-corrected chi connectivity index (χ4v) is 3.49. The van der Waals surface area contributed by atoms with E-state index in [1.54, 1.807) is 7.11 Å². The Morgan fingerprint density at radius 2 is 1.93 bits per heavy atom. The Labute approximate surface area is 162 Å². The van der Waals surface area contributed by atoms with Crippen molar-refractivity contribution in [1.82, 2.24) is 14.8 Å². The Morgan fingerprint density at radius 3 is 2.67 bits per heavy atom. The molecule has 1 aromatic carbocycles. The van der Waals surface area contributed by atoms with Gasteiger partial charge in [-0.25, -0.2) is 0 Å². The van der Waals surface area contributed by atoms with Gasteiger partial charge in [-0.05, 0) is 49.1 Å². The minimum absolute atomic E-state index is 0.281. The first-order valence-corrected chi connectivity index (χ1v) is 9.77. The standard InChI is InChI=1S/C22H29N3O2/c1-27-21-11-9-19(10-12-21)6-4-8-22(26)25-15-5-14-24(16-17-25)18-20-7-2-3-13-23-20/h2-3,7,9-13H,4-6,8,14-18H2,1H3. The molecule has 2 aromatic rings. The second kappa shape index (κ2) is 10.1. The third-order valence-electron chi connectivity index (χ3n) is 5.07. The molecule has 1 aliphatic rings. The van der Waals surface area contributed by atoms with Gasteiger partial charge >= 0.3 is 0 Å². The summed E-state index contributed by atoms with van der Waals surface area (Å²) in [6.07, 6.45) is 5.30. The zero-order valence-corrected chi connectivity index (χ0v) is 16.1. The van der Waals surface area contributed by atoms with Crippen molar-refractivity contribution in [2.75, 3.05) is 33.3 Å².